The van der Waals surface area contributed by atoms with E-state index in [1.54, 1.807) is 17.8 Å². The quantitative estimate of drug-likeness (QED) is 0.490. The Kier molecular flexibility index (Phi) is 7.12. The molecule has 0 atom stereocenters. The number of anilines is 2. The zero-order chi connectivity index (χ0) is 23.4. The van der Waals surface area contributed by atoms with Crippen LogP contribution in [0, 0.1) is 6.92 Å². The van der Waals surface area contributed by atoms with Crippen LogP contribution in [-0.4, -0.2) is 36.8 Å². The molecule has 0 aliphatic heterocycles. The fourth-order valence-electron chi connectivity index (χ4n) is 3.79. The van der Waals surface area contributed by atoms with Crippen LogP contribution >= 0.6 is 0 Å². The number of nitrogen functional groups attached to an aromatic ring is 1. The number of carbonyl (C=O) groups is 1. The van der Waals surface area contributed by atoms with Gasteiger partial charge in [-0.05, 0) is 25.8 Å². The van der Waals surface area contributed by atoms with Gasteiger partial charge in [-0.2, -0.15) is 5.10 Å². The summed E-state index contributed by atoms with van der Waals surface area (Å²) in [6.07, 6.45) is 5.59. The van der Waals surface area contributed by atoms with Gasteiger partial charge in [0.05, 0.1) is 11.3 Å². The molecule has 0 aliphatic rings. The highest BCUT2D eigenvalue weighted by molar-refractivity contribution is 6.08. The van der Waals surface area contributed by atoms with E-state index in [2.05, 4.69) is 22.0 Å². The number of amides is 1. The van der Waals surface area contributed by atoms with Gasteiger partial charge in [-0.15, -0.1) is 0 Å². The first-order valence-electron chi connectivity index (χ1n) is 11.0. The van der Waals surface area contributed by atoms with Gasteiger partial charge in [-0.25, -0.2) is 9.78 Å². The van der Waals surface area contributed by atoms with Crippen LogP contribution in [0.15, 0.2) is 21.9 Å². The summed E-state index contributed by atoms with van der Waals surface area (Å²) in [6, 6.07) is 1.73. The topological polar surface area (TPSA) is 132 Å². The number of carbonyl (C=O) groups excluding carboxylic acids is 1. The van der Waals surface area contributed by atoms with Crippen LogP contribution in [0.4, 0.5) is 11.5 Å². The van der Waals surface area contributed by atoms with Crippen molar-refractivity contribution in [3.8, 4) is 0 Å². The van der Waals surface area contributed by atoms with Crippen molar-refractivity contribution in [3.05, 3.63) is 44.4 Å². The molecule has 3 N–H and O–H groups in total. The van der Waals surface area contributed by atoms with Crippen LogP contribution in [-0.2, 0) is 13.6 Å². The fraction of sp³-hybridized carbons (Fsp3) is 0.500. The van der Waals surface area contributed by atoms with Crippen LogP contribution in [0.2, 0.25) is 0 Å². The number of aryl methyl sites for hydroxylation is 2. The van der Waals surface area contributed by atoms with E-state index in [0.29, 0.717) is 30.7 Å². The summed E-state index contributed by atoms with van der Waals surface area (Å²) < 4.78 is 2.98. The number of aromatic nitrogens is 5. The maximum Gasteiger partial charge on any atom is 0.330 e. The van der Waals surface area contributed by atoms with E-state index >= 15 is 0 Å². The first-order chi connectivity index (χ1) is 15.3. The predicted molar refractivity (Wildman–Crippen MR) is 125 cm³/mol. The average Bonchev–Trinajstić information content (AvgIpc) is 3.05. The number of H-pyrrole nitrogens is 1. The predicted octanol–water partition coefficient (Wildman–Crippen LogP) is 2.35. The van der Waals surface area contributed by atoms with Crippen LogP contribution in [0.5, 0.6) is 0 Å². The molecule has 0 unspecified atom stereocenters. The average molecular weight is 442 g/mol. The molecular weight excluding hydrogens is 410 g/mol. The highest BCUT2D eigenvalue weighted by Gasteiger charge is 2.26. The van der Waals surface area contributed by atoms with Gasteiger partial charge >= 0.3 is 5.69 Å². The van der Waals surface area contributed by atoms with Crippen LogP contribution in [0.3, 0.4) is 0 Å². The van der Waals surface area contributed by atoms with Gasteiger partial charge in [0, 0.05) is 31.7 Å². The molecule has 0 saturated heterocycles. The Morgan fingerprint density at radius 3 is 2.59 bits per heavy atom. The molecule has 0 bridgehead atoms. The third-order valence-electron chi connectivity index (χ3n) is 5.56. The van der Waals surface area contributed by atoms with Gasteiger partial charge in [-0.3, -0.25) is 23.8 Å². The number of nitrogens with one attached hydrogen (secondary N) is 1. The second-order valence-corrected chi connectivity index (χ2v) is 7.97. The van der Waals surface area contributed by atoms with Crippen molar-refractivity contribution in [2.75, 3.05) is 17.2 Å². The Morgan fingerprint density at radius 1 is 1.19 bits per heavy atom. The minimum atomic E-state index is -0.670. The molecule has 0 fully saturated rings. The van der Waals surface area contributed by atoms with Crippen molar-refractivity contribution in [1.82, 2.24) is 24.3 Å². The summed E-state index contributed by atoms with van der Waals surface area (Å²) >= 11 is 0. The summed E-state index contributed by atoms with van der Waals surface area (Å²) in [5.74, 6) is -0.389. The summed E-state index contributed by atoms with van der Waals surface area (Å²) in [4.78, 5) is 46.8. The largest absolute Gasteiger partial charge is 0.383 e. The number of pyridine rings is 1. The lowest BCUT2D eigenvalue weighted by molar-refractivity contribution is 0.0986. The molecule has 3 rings (SSSR count). The Bertz CT molecular complexity index is 1240. The third-order valence-corrected chi connectivity index (χ3v) is 5.56. The zero-order valence-corrected chi connectivity index (χ0v) is 19.1. The summed E-state index contributed by atoms with van der Waals surface area (Å²) in [5, 5.41) is 5.11. The van der Waals surface area contributed by atoms with E-state index in [-0.39, 0.29) is 11.5 Å². The lowest BCUT2D eigenvalue weighted by Crippen LogP contribution is -2.41. The fourth-order valence-corrected chi connectivity index (χ4v) is 3.79. The maximum absolute atomic E-state index is 13.6. The van der Waals surface area contributed by atoms with E-state index in [4.69, 9.17) is 5.73 Å². The molecule has 3 aromatic rings. The number of hydrogen-bond acceptors (Lipinski definition) is 6. The van der Waals surface area contributed by atoms with Crippen molar-refractivity contribution < 1.29 is 4.79 Å². The molecule has 32 heavy (non-hydrogen) atoms. The Labute approximate surface area is 186 Å². The van der Waals surface area contributed by atoms with Gasteiger partial charge in [0.25, 0.3) is 11.5 Å². The molecule has 0 spiro atoms. The molecule has 10 heteroatoms. The van der Waals surface area contributed by atoms with Gasteiger partial charge in [0.1, 0.15) is 5.82 Å². The molecule has 0 radical (unpaired) electrons. The van der Waals surface area contributed by atoms with Gasteiger partial charge in [0.2, 0.25) is 0 Å². The molecule has 0 saturated carbocycles. The number of nitrogens with zero attached hydrogens (tertiary/aromatic N) is 5. The Balaban J connectivity index is 2.11. The smallest absolute Gasteiger partial charge is 0.330 e. The molecule has 1 amide bonds. The van der Waals surface area contributed by atoms with Crippen LogP contribution in [0.1, 0.15) is 62.0 Å². The Hall–Kier alpha value is -3.43. The SMILES string of the molecule is CCCCCN(C(=O)c1cnc2c(c1)c(C)nn2C)c1c(N)n(CCCC)c(=O)[nH]c1=O. The summed E-state index contributed by atoms with van der Waals surface area (Å²) in [7, 11) is 1.79. The number of unbranched alkanes of at least 4 members (excludes halogenated alkanes) is 3. The molecule has 3 aromatic heterocycles. The van der Waals surface area contributed by atoms with E-state index in [0.717, 1.165) is 36.8 Å². The first-order valence-corrected chi connectivity index (χ1v) is 11.0. The lowest BCUT2D eigenvalue weighted by Gasteiger charge is -2.24. The standard InChI is InChI=1S/C22H31N7O3/c1-5-7-9-11-28(17-18(23)29(10-8-6-2)22(32)25-20(17)30)21(31)15-12-16-14(3)26-27(4)19(16)24-13-15/h12-13H,5-11,23H2,1-4H3,(H,25,30,32). The minimum absolute atomic E-state index is 0.00337. The minimum Gasteiger partial charge on any atom is -0.383 e. The van der Waals surface area contributed by atoms with Crippen molar-refractivity contribution >= 4 is 28.4 Å². The Morgan fingerprint density at radius 2 is 1.91 bits per heavy atom. The van der Waals surface area contributed by atoms with Crippen molar-refractivity contribution in [1.29, 1.82) is 0 Å². The number of aromatic amines is 1. The first kappa shape index (κ1) is 23.2. The second kappa shape index (κ2) is 9.80. The summed E-state index contributed by atoms with van der Waals surface area (Å²) in [6.45, 7) is 6.57. The van der Waals surface area contributed by atoms with Crippen LogP contribution in [0.25, 0.3) is 11.0 Å². The highest BCUT2D eigenvalue weighted by atomic mass is 16.2. The van der Waals surface area contributed by atoms with Gasteiger partial charge in [-0.1, -0.05) is 33.1 Å². The monoisotopic (exact) mass is 441 g/mol. The highest BCUT2D eigenvalue weighted by Crippen LogP contribution is 2.23. The maximum atomic E-state index is 13.6. The van der Waals surface area contributed by atoms with Gasteiger partial charge in [0.15, 0.2) is 11.3 Å². The zero-order valence-electron chi connectivity index (χ0n) is 19.1. The van der Waals surface area contributed by atoms with Crippen LogP contribution < -0.4 is 21.9 Å². The van der Waals surface area contributed by atoms with E-state index in [1.807, 2.05) is 13.8 Å². The molecule has 3 heterocycles. The normalized spacial score (nSPS) is 11.2. The van der Waals surface area contributed by atoms with E-state index < -0.39 is 17.2 Å². The third kappa shape index (κ3) is 4.44. The molecule has 172 valence electrons. The van der Waals surface area contributed by atoms with E-state index in [1.165, 1.54) is 15.7 Å². The lowest BCUT2D eigenvalue weighted by atomic mass is 10.1. The molecule has 0 aliphatic carbocycles. The number of hydrogen-bond donors (Lipinski definition) is 2. The van der Waals surface area contributed by atoms with Crippen molar-refractivity contribution in [2.24, 2.45) is 7.05 Å². The number of rotatable bonds is 9. The molecule has 0 aromatic carbocycles. The number of nitrogens with two attached hydrogens (primary N) is 1. The van der Waals surface area contributed by atoms with Gasteiger partial charge < -0.3 is 10.6 Å². The molecule has 10 nitrogen and oxygen atoms in total. The second-order valence-electron chi connectivity index (χ2n) is 7.97. The van der Waals surface area contributed by atoms with Crippen molar-refractivity contribution in [2.45, 2.75) is 59.4 Å². The molecular formula is C22H31N7O3. The summed E-state index contributed by atoms with van der Waals surface area (Å²) in [5.41, 5.74) is 6.80. The number of fused-ring (bicyclic) bond motifs is 1. The van der Waals surface area contributed by atoms with E-state index in [9.17, 15) is 14.4 Å². The van der Waals surface area contributed by atoms with Crippen molar-refractivity contribution in [3.63, 3.8) is 0 Å².